The predicted molar refractivity (Wildman–Crippen MR) is 192 cm³/mol. The minimum Gasteiger partial charge on any atom is -0.463 e. The van der Waals surface area contributed by atoms with Crippen LogP contribution < -0.4 is 0 Å². The number of rotatable bonds is 8. The minimum absolute atomic E-state index is 0.0730. The quantitative estimate of drug-likeness (QED) is 0.0662. The number of benzene rings is 4. The van der Waals surface area contributed by atoms with Gasteiger partial charge in [0.2, 0.25) is 0 Å². The summed E-state index contributed by atoms with van der Waals surface area (Å²) in [6.45, 7) is 2.12. The molecule has 6 aromatic rings. The molecule has 0 aliphatic carbocycles. The fourth-order valence-corrected chi connectivity index (χ4v) is 6.10. The van der Waals surface area contributed by atoms with Crippen molar-refractivity contribution in [2.24, 2.45) is 0 Å². The standard InChI is InChI=1S/C20H15Cl2F3N2O2.C16H9Cl2F3N2O/c1-2-29-19(28)8-7-17-15-6-4-13(20(23,24)25)9-18(15)27(26-17)11-12-3-5-14(21)10-16(12)22;17-11-3-1-9(13(18)6-11)7-23-15-5-10(16(19,20)21)2-4-12(15)14(8-24)22-23/h3-10H,2,11H2,1H3;1-6,8H,7H2. The van der Waals surface area contributed by atoms with Gasteiger partial charge in [0.1, 0.15) is 5.69 Å². The van der Waals surface area contributed by atoms with Crippen molar-refractivity contribution in [3.63, 3.8) is 0 Å². The van der Waals surface area contributed by atoms with Crippen LogP contribution in [0.4, 0.5) is 26.3 Å². The third-order valence-corrected chi connectivity index (χ3v) is 8.83. The number of carbonyl (C=O) groups excluding carboxylic acids is 2. The lowest BCUT2D eigenvalue weighted by atomic mass is 10.1. The van der Waals surface area contributed by atoms with E-state index in [1.54, 1.807) is 37.3 Å². The van der Waals surface area contributed by atoms with Crippen LogP contribution in [-0.4, -0.2) is 38.4 Å². The van der Waals surface area contributed by atoms with E-state index in [-0.39, 0.29) is 36.4 Å². The van der Waals surface area contributed by atoms with Gasteiger partial charge in [0.05, 0.1) is 47.6 Å². The summed E-state index contributed by atoms with van der Waals surface area (Å²) in [7, 11) is 0. The Morgan fingerprint density at radius 2 is 1.15 bits per heavy atom. The summed E-state index contributed by atoms with van der Waals surface area (Å²) < 4.78 is 85.9. The molecule has 2 aromatic heterocycles. The molecule has 0 bridgehead atoms. The molecule has 0 aliphatic rings. The lowest BCUT2D eigenvalue weighted by Crippen LogP contribution is -2.06. The number of halogens is 10. The largest absolute Gasteiger partial charge is 0.463 e. The molecule has 0 N–H and O–H groups in total. The van der Waals surface area contributed by atoms with Crippen LogP contribution in [-0.2, 0) is 35.0 Å². The molecule has 6 rings (SSSR count). The van der Waals surface area contributed by atoms with Gasteiger partial charge < -0.3 is 4.74 Å². The smallest absolute Gasteiger partial charge is 0.416 e. The number of aromatic nitrogens is 4. The summed E-state index contributed by atoms with van der Waals surface area (Å²) in [5.41, 5.74) is 0.534. The van der Waals surface area contributed by atoms with Crippen molar-refractivity contribution >= 4 is 86.5 Å². The number of nitrogens with zero attached hydrogens (tertiary/aromatic N) is 4. The van der Waals surface area contributed by atoms with E-state index in [1.807, 2.05) is 0 Å². The van der Waals surface area contributed by atoms with E-state index in [0.717, 1.165) is 24.3 Å². The molecule has 0 saturated heterocycles. The summed E-state index contributed by atoms with van der Waals surface area (Å²) in [6, 6.07) is 16.2. The summed E-state index contributed by atoms with van der Waals surface area (Å²) in [6.07, 6.45) is -5.88. The molecule has 0 unspecified atom stereocenters. The van der Waals surface area contributed by atoms with Gasteiger partial charge in [-0.05, 0) is 84.8 Å². The van der Waals surface area contributed by atoms with Gasteiger partial charge in [-0.3, -0.25) is 14.2 Å². The topological polar surface area (TPSA) is 79.0 Å². The third kappa shape index (κ3) is 9.52. The zero-order valence-electron chi connectivity index (χ0n) is 27.1. The Labute approximate surface area is 317 Å². The highest BCUT2D eigenvalue weighted by molar-refractivity contribution is 6.35. The van der Waals surface area contributed by atoms with Crippen LogP contribution in [0.1, 0.15) is 45.4 Å². The van der Waals surface area contributed by atoms with Crippen LogP contribution in [0.5, 0.6) is 0 Å². The molecule has 2 heterocycles. The number of aldehydes is 1. The second-order valence-corrected chi connectivity index (χ2v) is 12.9. The molecule has 276 valence electrons. The van der Waals surface area contributed by atoms with Gasteiger partial charge in [0, 0.05) is 36.9 Å². The lowest BCUT2D eigenvalue weighted by molar-refractivity contribution is -0.138. The van der Waals surface area contributed by atoms with E-state index < -0.39 is 29.4 Å². The molecule has 0 amide bonds. The monoisotopic (exact) mass is 814 g/mol. The second kappa shape index (κ2) is 16.2. The molecular formula is C36H24Cl4F6N4O3. The van der Waals surface area contributed by atoms with Crippen molar-refractivity contribution in [1.29, 1.82) is 0 Å². The number of alkyl halides is 6. The molecular weight excluding hydrogens is 792 g/mol. The van der Waals surface area contributed by atoms with Gasteiger partial charge in [-0.1, -0.05) is 58.5 Å². The van der Waals surface area contributed by atoms with Gasteiger partial charge in [0.15, 0.2) is 6.29 Å². The average Bonchev–Trinajstić information content (AvgIpc) is 3.62. The Kier molecular flexibility index (Phi) is 12.1. The number of carbonyl (C=O) groups is 2. The van der Waals surface area contributed by atoms with Crippen LogP contribution >= 0.6 is 46.4 Å². The van der Waals surface area contributed by atoms with Crippen LogP contribution in [0, 0.1) is 0 Å². The van der Waals surface area contributed by atoms with Gasteiger partial charge in [-0.2, -0.15) is 36.5 Å². The Hall–Kier alpha value is -4.56. The van der Waals surface area contributed by atoms with Gasteiger partial charge in [-0.15, -0.1) is 0 Å². The normalized spacial score (nSPS) is 12.0. The second-order valence-electron chi connectivity index (χ2n) is 11.2. The van der Waals surface area contributed by atoms with E-state index in [9.17, 15) is 35.9 Å². The third-order valence-electron chi connectivity index (χ3n) is 7.66. The maximum atomic E-state index is 13.2. The van der Waals surface area contributed by atoms with E-state index in [1.165, 1.54) is 39.7 Å². The highest BCUT2D eigenvalue weighted by Gasteiger charge is 2.32. The first-order chi connectivity index (χ1) is 25.0. The molecule has 0 radical (unpaired) electrons. The van der Waals surface area contributed by atoms with Gasteiger partial charge in [0.25, 0.3) is 0 Å². The molecule has 0 spiro atoms. The fourth-order valence-electron chi connectivity index (χ4n) is 5.16. The van der Waals surface area contributed by atoms with Crippen molar-refractivity contribution in [3.8, 4) is 0 Å². The first-order valence-electron chi connectivity index (χ1n) is 15.3. The number of fused-ring (bicyclic) bond motifs is 2. The zero-order chi connectivity index (χ0) is 38.7. The molecule has 0 saturated carbocycles. The highest BCUT2D eigenvalue weighted by Crippen LogP contribution is 2.34. The van der Waals surface area contributed by atoms with Crippen molar-refractivity contribution in [1.82, 2.24) is 19.6 Å². The zero-order valence-corrected chi connectivity index (χ0v) is 30.1. The Balaban J connectivity index is 0.000000208. The average molecular weight is 816 g/mol. The van der Waals surface area contributed by atoms with Crippen molar-refractivity contribution in [2.45, 2.75) is 32.4 Å². The maximum absolute atomic E-state index is 13.2. The lowest BCUT2D eigenvalue weighted by Gasteiger charge is -2.09. The van der Waals surface area contributed by atoms with E-state index in [2.05, 4.69) is 10.2 Å². The highest BCUT2D eigenvalue weighted by atomic mass is 35.5. The minimum atomic E-state index is -4.50. The molecule has 17 heteroatoms. The first kappa shape index (κ1) is 39.6. The molecule has 7 nitrogen and oxygen atoms in total. The fraction of sp³-hybridized carbons (Fsp3) is 0.167. The van der Waals surface area contributed by atoms with Crippen LogP contribution in [0.2, 0.25) is 20.1 Å². The molecule has 0 fully saturated rings. The Morgan fingerprint density at radius 1 is 0.698 bits per heavy atom. The molecule has 53 heavy (non-hydrogen) atoms. The van der Waals surface area contributed by atoms with E-state index in [0.29, 0.717) is 54.0 Å². The van der Waals surface area contributed by atoms with Gasteiger partial charge in [-0.25, -0.2) is 4.79 Å². The number of hydrogen-bond donors (Lipinski definition) is 0. The van der Waals surface area contributed by atoms with E-state index in [4.69, 9.17) is 51.1 Å². The summed E-state index contributed by atoms with van der Waals surface area (Å²) >= 11 is 24.0. The molecule has 0 atom stereocenters. The number of hydrogen-bond acceptors (Lipinski definition) is 5. The summed E-state index contributed by atoms with van der Waals surface area (Å²) in [4.78, 5) is 22.7. The van der Waals surface area contributed by atoms with Crippen LogP contribution in [0.15, 0.2) is 78.9 Å². The summed E-state index contributed by atoms with van der Waals surface area (Å²) in [5, 5.41) is 10.9. The van der Waals surface area contributed by atoms with Crippen molar-refractivity contribution < 1.29 is 40.7 Å². The molecule has 4 aromatic carbocycles. The maximum Gasteiger partial charge on any atom is 0.416 e. The predicted octanol–water partition coefficient (Wildman–Crippen LogP) is 11.2. The van der Waals surface area contributed by atoms with E-state index >= 15 is 0 Å². The summed E-state index contributed by atoms with van der Waals surface area (Å²) in [5.74, 6) is -0.567. The molecule has 0 aliphatic heterocycles. The van der Waals surface area contributed by atoms with Crippen molar-refractivity contribution in [2.75, 3.05) is 6.61 Å². The SMILES string of the molecule is CCOC(=O)C=Cc1nn(Cc2ccc(Cl)cc2Cl)c2cc(C(F)(F)F)ccc12.O=Cc1nn(Cc2ccc(Cl)cc2Cl)c2cc(C(F)(F)F)ccc12. The number of esters is 1. The Bertz CT molecular complexity index is 2350. The Morgan fingerprint density at radius 3 is 1.57 bits per heavy atom. The number of ether oxygens (including phenoxy) is 1. The van der Waals surface area contributed by atoms with Gasteiger partial charge >= 0.3 is 18.3 Å². The first-order valence-corrected chi connectivity index (χ1v) is 16.8. The van der Waals surface area contributed by atoms with Crippen LogP contribution in [0.25, 0.3) is 27.9 Å². The van der Waals surface area contributed by atoms with Crippen molar-refractivity contribution in [3.05, 3.63) is 133 Å². The van der Waals surface area contributed by atoms with Crippen LogP contribution in [0.3, 0.4) is 0 Å².